The van der Waals surface area contributed by atoms with E-state index in [1.165, 1.54) is 6.92 Å². The summed E-state index contributed by atoms with van der Waals surface area (Å²) >= 11 is 0. The molecule has 1 amide bonds. The lowest BCUT2D eigenvalue weighted by molar-refractivity contribution is -0.162. The summed E-state index contributed by atoms with van der Waals surface area (Å²) in [5.74, 6) is 0.0135. The Morgan fingerprint density at radius 1 is 1.12 bits per heavy atom. The van der Waals surface area contributed by atoms with Crippen LogP contribution in [0.25, 0.3) is 0 Å². The van der Waals surface area contributed by atoms with Gasteiger partial charge in [-0.1, -0.05) is 29.8 Å². The van der Waals surface area contributed by atoms with Gasteiger partial charge in [-0.25, -0.2) is 4.79 Å². The smallest absolute Gasteiger partial charge is 0.351 e. The van der Waals surface area contributed by atoms with E-state index in [0.29, 0.717) is 17.2 Å². The molecule has 2 atom stereocenters. The van der Waals surface area contributed by atoms with Gasteiger partial charge in [-0.05, 0) is 38.1 Å². The summed E-state index contributed by atoms with van der Waals surface area (Å²) in [5.41, 5.74) is 1.73. The zero-order valence-electron chi connectivity index (χ0n) is 14.0. The highest BCUT2D eigenvalue weighted by molar-refractivity contribution is 5.95. The summed E-state index contributed by atoms with van der Waals surface area (Å²) in [6, 6.07) is 14.4. The van der Waals surface area contributed by atoms with Gasteiger partial charge < -0.3 is 19.5 Å². The molecular weight excluding hydrogens is 322 g/mol. The molecular formula is C19H19NO5. The van der Waals surface area contributed by atoms with E-state index in [1.54, 1.807) is 30.3 Å². The number of fused-ring (bicyclic) bond motifs is 1. The average molecular weight is 341 g/mol. The van der Waals surface area contributed by atoms with E-state index >= 15 is 0 Å². The number of carbonyl (C=O) groups excluding carboxylic acids is 2. The number of hydrogen-bond acceptors (Lipinski definition) is 5. The molecule has 0 radical (unpaired) electrons. The average Bonchev–Trinajstić information content (AvgIpc) is 2.63. The third kappa shape index (κ3) is 4.09. The van der Waals surface area contributed by atoms with Gasteiger partial charge >= 0.3 is 5.97 Å². The van der Waals surface area contributed by atoms with Crippen LogP contribution in [0, 0.1) is 6.92 Å². The summed E-state index contributed by atoms with van der Waals surface area (Å²) < 4.78 is 16.3. The summed E-state index contributed by atoms with van der Waals surface area (Å²) in [7, 11) is 0. The number of carbonyl (C=O) groups is 2. The van der Waals surface area contributed by atoms with Gasteiger partial charge in [0.1, 0.15) is 6.61 Å². The van der Waals surface area contributed by atoms with Gasteiger partial charge in [-0.3, -0.25) is 4.79 Å². The fraction of sp³-hybridized carbons (Fsp3) is 0.263. The molecule has 1 heterocycles. The molecule has 0 bridgehead atoms. The first-order chi connectivity index (χ1) is 12.0. The molecule has 0 fully saturated rings. The van der Waals surface area contributed by atoms with Gasteiger partial charge in [0.15, 0.2) is 17.6 Å². The minimum Gasteiger partial charge on any atom is -0.485 e. The third-order valence-corrected chi connectivity index (χ3v) is 3.75. The van der Waals surface area contributed by atoms with Gasteiger partial charge in [0, 0.05) is 5.69 Å². The number of rotatable bonds is 4. The number of hydrogen-bond donors (Lipinski definition) is 1. The molecule has 1 N–H and O–H groups in total. The molecule has 0 unspecified atom stereocenters. The Kier molecular flexibility index (Phi) is 4.88. The van der Waals surface area contributed by atoms with Crippen molar-refractivity contribution in [3.63, 3.8) is 0 Å². The van der Waals surface area contributed by atoms with Crippen LogP contribution < -0.4 is 14.8 Å². The molecule has 6 heteroatoms. The quantitative estimate of drug-likeness (QED) is 0.866. The lowest BCUT2D eigenvalue weighted by atomic mass is 10.2. The topological polar surface area (TPSA) is 73.9 Å². The van der Waals surface area contributed by atoms with E-state index in [-0.39, 0.29) is 6.61 Å². The van der Waals surface area contributed by atoms with Gasteiger partial charge in [0.25, 0.3) is 5.91 Å². The number of para-hydroxylation sites is 2. The molecule has 3 rings (SSSR count). The maximum absolute atomic E-state index is 12.2. The maximum atomic E-state index is 12.2. The number of aryl methyl sites for hydroxylation is 1. The van der Waals surface area contributed by atoms with Crippen molar-refractivity contribution in [1.82, 2.24) is 0 Å². The minimum atomic E-state index is -0.949. The molecule has 2 aromatic carbocycles. The van der Waals surface area contributed by atoms with Crippen LogP contribution >= 0.6 is 0 Å². The summed E-state index contributed by atoms with van der Waals surface area (Å²) in [4.78, 5) is 24.4. The molecule has 1 aliphatic rings. The maximum Gasteiger partial charge on any atom is 0.351 e. The Morgan fingerprint density at radius 3 is 2.52 bits per heavy atom. The fourth-order valence-corrected chi connectivity index (χ4v) is 2.32. The van der Waals surface area contributed by atoms with Crippen LogP contribution in [-0.2, 0) is 14.3 Å². The Bertz CT molecular complexity index is 772. The number of nitrogens with one attached hydrogen (secondary N) is 1. The molecule has 25 heavy (non-hydrogen) atoms. The van der Waals surface area contributed by atoms with Gasteiger partial charge in [0.05, 0.1) is 0 Å². The van der Waals surface area contributed by atoms with Gasteiger partial charge in [-0.2, -0.15) is 0 Å². The first-order valence-electron chi connectivity index (χ1n) is 7.99. The Labute approximate surface area is 145 Å². The van der Waals surface area contributed by atoms with E-state index in [2.05, 4.69) is 5.32 Å². The van der Waals surface area contributed by atoms with Crippen molar-refractivity contribution in [2.45, 2.75) is 26.1 Å². The number of anilines is 1. The highest BCUT2D eigenvalue weighted by atomic mass is 16.6. The van der Waals surface area contributed by atoms with Crippen molar-refractivity contribution in [3.8, 4) is 11.5 Å². The fourth-order valence-electron chi connectivity index (χ4n) is 2.32. The van der Waals surface area contributed by atoms with Crippen LogP contribution in [0.4, 0.5) is 5.69 Å². The van der Waals surface area contributed by atoms with Gasteiger partial charge in [-0.15, -0.1) is 0 Å². The largest absolute Gasteiger partial charge is 0.485 e. The van der Waals surface area contributed by atoms with Crippen LogP contribution in [0.1, 0.15) is 12.5 Å². The third-order valence-electron chi connectivity index (χ3n) is 3.75. The van der Waals surface area contributed by atoms with E-state index in [9.17, 15) is 9.59 Å². The van der Waals surface area contributed by atoms with Crippen LogP contribution in [0.3, 0.4) is 0 Å². The number of esters is 1. The van der Waals surface area contributed by atoms with E-state index in [1.807, 2.05) is 25.1 Å². The second-order valence-electron chi connectivity index (χ2n) is 5.80. The molecule has 6 nitrogen and oxygen atoms in total. The van der Waals surface area contributed by atoms with Crippen molar-refractivity contribution in [2.75, 3.05) is 11.9 Å². The number of amides is 1. The monoisotopic (exact) mass is 341 g/mol. The Morgan fingerprint density at radius 2 is 1.80 bits per heavy atom. The second kappa shape index (κ2) is 7.25. The van der Waals surface area contributed by atoms with Crippen LogP contribution in [0.2, 0.25) is 0 Å². The van der Waals surface area contributed by atoms with Crippen molar-refractivity contribution in [2.24, 2.45) is 0 Å². The molecule has 1 aliphatic heterocycles. The Balaban J connectivity index is 1.55. The molecule has 0 saturated heterocycles. The molecule has 2 aromatic rings. The van der Waals surface area contributed by atoms with Crippen LogP contribution in [-0.4, -0.2) is 30.7 Å². The number of benzene rings is 2. The molecule has 0 saturated carbocycles. The molecule has 0 spiro atoms. The normalized spacial score (nSPS) is 16.6. The first kappa shape index (κ1) is 16.8. The SMILES string of the molecule is Cc1ccc(NC(=O)[C@H](C)OC(=O)[C@@H]2COc3ccccc3O2)cc1. The zero-order valence-corrected chi connectivity index (χ0v) is 14.0. The lowest BCUT2D eigenvalue weighted by Crippen LogP contribution is -2.41. The van der Waals surface area contributed by atoms with Crippen molar-refractivity contribution < 1.29 is 23.8 Å². The first-order valence-corrected chi connectivity index (χ1v) is 7.99. The van der Waals surface area contributed by atoms with Gasteiger partial charge in [0.2, 0.25) is 6.10 Å². The molecule has 0 aliphatic carbocycles. The highest BCUT2D eigenvalue weighted by Crippen LogP contribution is 2.31. The lowest BCUT2D eigenvalue weighted by Gasteiger charge is -2.25. The molecule has 130 valence electrons. The highest BCUT2D eigenvalue weighted by Gasteiger charge is 2.31. The Hall–Kier alpha value is -3.02. The van der Waals surface area contributed by atoms with Crippen LogP contribution in [0.5, 0.6) is 11.5 Å². The summed E-state index contributed by atoms with van der Waals surface area (Å²) in [6.07, 6.45) is -1.85. The molecule has 0 aromatic heterocycles. The summed E-state index contributed by atoms with van der Waals surface area (Å²) in [5, 5.41) is 2.70. The van der Waals surface area contributed by atoms with Crippen LogP contribution in [0.15, 0.2) is 48.5 Å². The zero-order chi connectivity index (χ0) is 17.8. The van der Waals surface area contributed by atoms with E-state index in [4.69, 9.17) is 14.2 Å². The number of ether oxygens (including phenoxy) is 3. The summed E-state index contributed by atoms with van der Waals surface area (Å²) in [6.45, 7) is 3.52. The minimum absolute atomic E-state index is 0.0438. The standard InChI is InChI=1S/C19H19NO5/c1-12-7-9-14(10-8-12)20-18(21)13(2)24-19(22)17-11-23-15-5-3-4-6-16(15)25-17/h3-10,13,17H,11H2,1-2H3,(H,20,21)/t13-,17-/m0/s1. The van der Waals surface area contributed by atoms with Crippen molar-refractivity contribution >= 4 is 17.6 Å². The second-order valence-corrected chi connectivity index (χ2v) is 5.80. The predicted octanol–water partition coefficient (Wildman–Crippen LogP) is 2.71. The van der Waals surface area contributed by atoms with Crippen molar-refractivity contribution in [3.05, 3.63) is 54.1 Å². The van der Waals surface area contributed by atoms with E-state index < -0.39 is 24.1 Å². The van der Waals surface area contributed by atoms with Crippen molar-refractivity contribution in [1.29, 1.82) is 0 Å². The van der Waals surface area contributed by atoms with E-state index in [0.717, 1.165) is 5.56 Å². The predicted molar refractivity (Wildman–Crippen MR) is 91.7 cm³/mol.